The van der Waals surface area contributed by atoms with Crippen LogP contribution >= 0.6 is 23.8 Å². The lowest BCUT2D eigenvalue weighted by Crippen LogP contribution is -2.54. The minimum atomic E-state index is -1.16. The summed E-state index contributed by atoms with van der Waals surface area (Å²) in [5.74, 6) is -1.68. The van der Waals surface area contributed by atoms with Crippen LogP contribution in [0.1, 0.15) is 21.5 Å². The first kappa shape index (κ1) is 24.9. The highest BCUT2D eigenvalue weighted by molar-refractivity contribution is 7.80. The Hall–Kier alpha value is -4.21. The first-order valence-electron chi connectivity index (χ1n) is 10.6. The molecule has 36 heavy (non-hydrogen) atoms. The van der Waals surface area contributed by atoms with E-state index in [1.165, 1.54) is 37.5 Å². The van der Waals surface area contributed by atoms with Gasteiger partial charge in [-0.05, 0) is 60.3 Å². The molecule has 1 fully saturated rings. The van der Waals surface area contributed by atoms with Crippen LogP contribution in [0.3, 0.4) is 0 Å². The predicted octanol–water partition coefficient (Wildman–Crippen LogP) is 4.46. The van der Waals surface area contributed by atoms with Gasteiger partial charge in [0.25, 0.3) is 11.8 Å². The lowest BCUT2D eigenvalue weighted by atomic mass is 10.1. The third-order valence-corrected chi connectivity index (χ3v) is 5.95. The van der Waals surface area contributed by atoms with E-state index < -0.39 is 17.8 Å². The van der Waals surface area contributed by atoms with Crippen LogP contribution in [0.2, 0.25) is 5.02 Å². The number of thiocarbonyl (C=S) groups is 1. The van der Waals surface area contributed by atoms with Gasteiger partial charge in [0.2, 0.25) is 0 Å². The summed E-state index contributed by atoms with van der Waals surface area (Å²) in [4.78, 5) is 38.3. The second kappa shape index (κ2) is 10.6. The van der Waals surface area contributed by atoms with Crippen molar-refractivity contribution in [3.05, 3.63) is 94.0 Å². The Morgan fingerprint density at radius 2 is 1.86 bits per heavy atom. The van der Waals surface area contributed by atoms with E-state index in [1.54, 1.807) is 24.3 Å². The van der Waals surface area contributed by atoms with E-state index in [2.05, 4.69) is 5.32 Å². The molecule has 0 spiro atoms. The minimum Gasteiger partial charge on any atom is -0.493 e. The van der Waals surface area contributed by atoms with E-state index in [1.807, 2.05) is 18.2 Å². The SMILES string of the molecule is COc1cc(C=C2C(=O)NC(=S)N(c3cccc(C(=O)O)c3)C2=O)ccc1OCc1ccccc1Cl. The number of nitrogens with one attached hydrogen (secondary N) is 1. The quantitative estimate of drug-likeness (QED) is 0.268. The maximum atomic E-state index is 13.2. The molecule has 0 radical (unpaired) electrons. The number of hydrogen-bond donors (Lipinski definition) is 2. The summed E-state index contributed by atoms with van der Waals surface area (Å²) in [6, 6.07) is 18.0. The van der Waals surface area contributed by atoms with Crippen LogP contribution in [-0.4, -0.2) is 35.1 Å². The average molecular weight is 523 g/mol. The number of benzene rings is 3. The molecule has 4 rings (SSSR count). The van der Waals surface area contributed by atoms with E-state index >= 15 is 0 Å². The number of nitrogens with zero attached hydrogens (tertiary/aromatic N) is 1. The Balaban J connectivity index is 1.61. The molecular weight excluding hydrogens is 504 g/mol. The highest BCUT2D eigenvalue weighted by atomic mass is 35.5. The van der Waals surface area contributed by atoms with Gasteiger partial charge in [-0.3, -0.25) is 19.8 Å². The summed E-state index contributed by atoms with van der Waals surface area (Å²) in [5.41, 5.74) is 1.32. The molecule has 0 atom stereocenters. The lowest BCUT2D eigenvalue weighted by molar-refractivity contribution is -0.122. The van der Waals surface area contributed by atoms with Gasteiger partial charge in [-0.1, -0.05) is 41.9 Å². The highest BCUT2D eigenvalue weighted by Gasteiger charge is 2.34. The van der Waals surface area contributed by atoms with Crippen LogP contribution in [0.5, 0.6) is 11.5 Å². The molecule has 2 amide bonds. The van der Waals surface area contributed by atoms with Crippen molar-refractivity contribution >= 4 is 58.5 Å². The van der Waals surface area contributed by atoms with Crippen LogP contribution in [0.15, 0.2) is 72.3 Å². The number of carboxylic acid groups (broad SMARTS) is 1. The zero-order valence-corrected chi connectivity index (χ0v) is 20.4. The molecule has 2 N–H and O–H groups in total. The van der Waals surface area contributed by atoms with Gasteiger partial charge in [0.1, 0.15) is 12.2 Å². The zero-order chi connectivity index (χ0) is 25.8. The van der Waals surface area contributed by atoms with E-state index in [0.717, 1.165) is 10.5 Å². The van der Waals surface area contributed by atoms with Crippen LogP contribution in [0, 0.1) is 0 Å². The molecule has 0 saturated carbocycles. The molecule has 0 aliphatic carbocycles. The molecule has 1 heterocycles. The van der Waals surface area contributed by atoms with Gasteiger partial charge in [-0.25, -0.2) is 4.79 Å². The smallest absolute Gasteiger partial charge is 0.335 e. The van der Waals surface area contributed by atoms with Crippen LogP contribution in [-0.2, 0) is 16.2 Å². The maximum Gasteiger partial charge on any atom is 0.335 e. The second-order valence-corrected chi connectivity index (χ2v) is 8.40. The Labute approximate surface area is 216 Å². The number of ether oxygens (including phenoxy) is 2. The first-order chi connectivity index (χ1) is 17.3. The molecule has 1 aliphatic heterocycles. The van der Waals surface area contributed by atoms with Crippen LogP contribution in [0.25, 0.3) is 6.08 Å². The first-order valence-corrected chi connectivity index (χ1v) is 11.4. The van der Waals surface area contributed by atoms with Crippen molar-refractivity contribution in [1.82, 2.24) is 5.32 Å². The van der Waals surface area contributed by atoms with Crippen molar-refractivity contribution in [2.24, 2.45) is 0 Å². The van der Waals surface area contributed by atoms with Crippen molar-refractivity contribution in [2.45, 2.75) is 6.61 Å². The van der Waals surface area contributed by atoms with E-state index in [9.17, 15) is 19.5 Å². The molecule has 3 aromatic rings. The molecule has 0 bridgehead atoms. The summed E-state index contributed by atoms with van der Waals surface area (Å²) in [7, 11) is 1.47. The van der Waals surface area contributed by atoms with Crippen molar-refractivity contribution < 1.29 is 29.0 Å². The average Bonchev–Trinajstić information content (AvgIpc) is 2.86. The number of carbonyl (C=O) groups is 3. The molecule has 182 valence electrons. The van der Waals surface area contributed by atoms with Crippen molar-refractivity contribution in [3.63, 3.8) is 0 Å². The number of halogens is 1. The van der Waals surface area contributed by atoms with Gasteiger partial charge >= 0.3 is 5.97 Å². The molecule has 0 aromatic heterocycles. The van der Waals surface area contributed by atoms with Gasteiger partial charge in [0.05, 0.1) is 18.4 Å². The van der Waals surface area contributed by atoms with E-state index in [4.69, 9.17) is 33.3 Å². The van der Waals surface area contributed by atoms with Gasteiger partial charge < -0.3 is 14.6 Å². The largest absolute Gasteiger partial charge is 0.493 e. The summed E-state index contributed by atoms with van der Waals surface area (Å²) in [6.45, 7) is 0.221. The number of rotatable bonds is 7. The number of amides is 2. The maximum absolute atomic E-state index is 13.2. The molecule has 3 aromatic carbocycles. The normalized spacial score (nSPS) is 14.6. The number of carbonyl (C=O) groups excluding carboxylic acids is 2. The topological polar surface area (TPSA) is 105 Å². The fraction of sp³-hybridized carbons (Fsp3) is 0.0769. The summed E-state index contributed by atoms with van der Waals surface area (Å²) < 4.78 is 11.3. The van der Waals surface area contributed by atoms with E-state index in [-0.39, 0.29) is 28.5 Å². The second-order valence-electron chi connectivity index (χ2n) is 7.60. The lowest BCUT2D eigenvalue weighted by Gasteiger charge is -2.29. The molecule has 0 unspecified atom stereocenters. The Morgan fingerprint density at radius 3 is 2.58 bits per heavy atom. The molecular formula is C26H19ClN2O6S. The number of carboxylic acids is 1. The summed E-state index contributed by atoms with van der Waals surface area (Å²) in [6.07, 6.45) is 1.40. The number of anilines is 1. The fourth-order valence-corrected chi connectivity index (χ4v) is 3.97. The molecule has 10 heteroatoms. The van der Waals surface area contributed by atoms with Crippen molar-refractivity contribution in [3.8, 4) is 11.5 Å². The van der Waals surface area contributed by atoms with Gasteiger partial charge in [0, 0.05) is 10.6 Å². The van der Waals surface area contributed by atoms with Crippen molar-refractivity contribution in [2.75, 3.05) is 12.0 Å². The summed E-state index contributed by atoms with van der Waals surface area (Å²) >= 11 is 11.4. The van der Waals surface area contributed by atoms with Gasteiger partial charge in [-0.2, -0.15) is 0 Å². The van der Waals surface area contributed by atoms with Crippen LogP contribution in [0.4, 0.5) is 5.69 Å². The zero-order valence-electron chi connectivity index (χ0n) is 18.9. The number of aromatic carboxylic acids is 1. The van der Waals surface area contributed by atoms with Crippen LogP contribution < -0.4 is 19.7 Å². The van der Waals surface area contributed by atoms with E-state index in [0.29, 0.717) is 22.1 Å². The monoisotopic (exact) mass is 522 g/mol. The molecule has 1 saturated heterocycles. The number of hydrogen-bond acceptors (Lipinski definition) is 6. The highest BCUT2D eigenvalue weighted by Crippen LogP contribution is 2.31. The van der Waals surface area contributed by atoms with Gasteiger partial charge in [-0.15, -0.1) is 0 Å². The third kappa shape index (κ3) is 5.22. The number of methoxy groups -OCH3 is 1. The van der Waals surface area contributed by atoms with Crippen molar-refractivity contribution in [1.29, 1.82) is 0 Å². The molecule has 1 aliphatic rings. The fourth-order valence-electron chi connectivity index (χ4n) is 3.50. The Bertz CT molecular complexity index is 1420. The summed E-state index contributed by atoms with van der Waals surface area (Å²) in [5, 5.41) is 12.2. The molecule has 8 nitrogen and oxygen atoms in total. The Kier molecular flexibility index (Phi) is 7.33. The predicted molar refractivity (Wildman–Crippen MR) is 138 cm³/mol. The van der Waals surface area contributed by atoms with Gasteiger partial charge in [0.15, 0.2) is 16.6 Å². The third-order valence-electron chi connectivity index (χ3n) is 5.29. The standard InChI is InChI=1S/C26H19ClN2O6S/c1-34-22-12-15(9-10-21(22)35-14-17-5-2-3-8-20(17)27)11-19-23(30)28-26(36)29(24(19)31)18-7-4-6-16(13-18)25(32)33/h2-13H,14H2,1H3,(H,32,33)(H,28,30,36). The Morgan fingerprint density at radius 1 is 1.08 bits per heavy atom. The minimum absolute atomic E-state index is 0.0253.